The Morgan fingerprint density at radius 3 is 2.58 bits per heavy atom. The number of benzene rings is 2. The molecule has 26 heavy (non-hydrogen) atoms. The van der Waals surface area contributed by atoms with Crippen LogP contribution in [0, 0.1) is 24.0 Å². The molecule has 138 valence electrons. The lowest BCUT2D eigenvalue weighted by Crippen LogP contribution is -2.19. The lowest BCUT2D eigenvalue weighted by molar-refractivity contribution is -0.385. The predicted molar refractivity (Wildman–Crippen MR) is 98.1 cm³/mol. The summed E-state index contributed by atoms with van der Waals surface area (Å²) in [4.78, 5) is 12.8. The van der Waals surface area contributed by atoms with E-state index >= 15 is 0 Å². The number of aryl methyl sites for hydroxylation is 2. The fourth-order valence-electron chi connectivity index (χ4n) is 2.36. The summed E-state index contributed by atoms with van der Waals surface area (Å²) in [7, 11) is -3.83. The third-order valence-corrected chi connectivity index (χ3v) is 4.87. The van der Waals surface area contributed by atoms with Crippen molar-refractivity contribution in [2.24, 2.45) is 5.10 Å². The maximum absolute atomic E-state index is 12.3. The molecule has 1 N–H and O–H groups in total. The monoisotopic (exact) mass is 377 g/mol. The summed E-state index contributed by atoms with van der Waals surface area (Å²) >= 11 is 0. The molecule has 0 saturated heterocycles. The first-order valence-corrected chi connectivity index (χ1v) is 9.26. The van der Waals surface area contributed by atoms with Gasteiger partial charge in [-0.05, 0) is 44.5 Å². The van der Waals surface area contributed by atoms with E-state index in [0.29, 0.717) is 17.7 Å². The minimum Gasteiger partial charge on any atom is -0.487 e. The summed E-state index contributed by atoms with van der Waals surface area (Å²) in [5, 5.41) is 14.8. The molecule has 0 fully saturated rings. The van der Waals surface area contributed by atoms with Crippen molar-refractivity contribution < 1.29 is 18.1 Å². The molecule has 0 bridgehead atoms. The molecule has 0 heterocycles. The van der Waals surface area contributed by atoms with Crippen LogP contribution in [0.4, 0.5) is 5.69 Å². The highest BCUT2D eigenvalue weighted by Gasteiger charge is 2.17. The van der Waals surface area contributed by atoms with Gasteiger partial charge in [-0.3, -0.25) is 10.1 Å². The number of sulfonamides is 1. The number of rotatable bonds is 7. The Balaban J connectivity index is 2.22. The molecule has 0 radical (unpaired) electrons. The summed E-state index contributed by atoms with van der Waals surface area (Å²) in [6.45, 7) is 5.58. The SMILES string of the molecule is CCOc1ccc(/C=N/NS(=O)(=O)c2ccc(C)cc2C)cc1[N+](=O)[O-]. The van der Waals surface area contributed by atoms with Gasteiger partial charge in [0, 0.05) is 11.6 Å². The first-order chi connectivity index (χ1) is 12.2. The fraction of sp³-hybridized carbons (Fsp3) is 0.235. The molecule has 9 heteroatoms. The van der Waals surface area contributed by atoms with Gasteiger partial charge in [-0.2, -0.15) is 13.5 Å². The Hall–Kier alpha value is -2.94. The molecule has 2 rings (SSSR count). The number of nitro benzene ring substituents is 1. The number of nitro groups is 1. The second kappa shape index (κ2) is 7.96. The Kier molecular flexibility index (Phi) is 5.93. The standard InChI is InChI=1S/C17H19N3O5S/c1-4-25-16-7-6-14(10-15(16)20(21)22)11-18-19-26(23,24)17-8-5-12(2)9-13(17)3/h5-11,19H,4H2,1-3H3/b18-11+. The van der Waals surface area contributed by atoms with Crippen molar-refractivity contribution in [3.63, 3.8) is 0 Å². The Morgan fingerprint density at radius 1 is 1.23 bits per heavy atom. The average Bonchev–Trinajstić information content (AvgIpc) is 2.55. The highest BCUT2D eigenvalue weighted by molar-refractivity contribution is 7.89. The highest BCUT2D eigenvalue weighted by atomic mass is 32.2. The minimum absolute atomic E-state index is 0.123. The molecule has 8 nitrogen and oxygen atoms in total. The third-order valence-electron chi connectivity index (χ3n) is 3.49. The van der Waals surface area contributed by atoms with Gasteiger partial charge in [0.2, 0.25) is 0 Å². The van der Waals surface area contributed by atoms with E-state index in [-0.39, 0.29) is 16.3 Å². The lowest BCUT2D eigenvalue weighted by atomic mass is 10.2. The van der Waals surface area contributed by atoms with E-state index in [1.165, 1.54) is 24.4 Å². The molecule has 0 aliphatic rings. The zero-order valence-electron chi connectivity index (χ0n) is 14.6. The van der Waals surface area contributed by atoms with E-state index in [4.69, 9.17) is 4.74 Å². The van der Waals surface area contributed by atoms with Crippen molar-refractivity contribution >= 4 is 21.9 Å². The van der Waals surface area contributed by atoms with Crippen molar-refractivity contribution in [2.45, 2.75) is 25.7 Å². The van der Waals surface area contributed by atoms with Gasteiger partial charge < -0.3 is 4.74 Å². The van der Waals surface area contributed by atoms with E-state index in [9.17, 15) is 18.5 Å². The maximum atomic E-state index is 12.3. The average molecular weight is 377 g/mol. The molecular weight excluding hydrogens is 358 g/mol. The van der Waals surface area contributed by atoms with Crippen LogP contribution in [-0.2, 0) is 10.0 Å². The summed E-state index contributed by atoms with van der Waals surface area (Å²) in [6, 6.07) is 9.22. The number of hydrazone groups is 1. The van der Waals surface area contributed by atoms with E-state index in [1.54, 1.807) is 32.0 Å². The van der Waals surface area contributed by atoms with Crippen LogP contribution in [0.5, 0.6) is 5.75 Å². The van der Waals surface area contributed by atoms with Crippen LogP contribution in [0.3, 0.4) is 0 Å². The van der Waals surface area contributed by atoms with Crippen LogP contribution >= 0.6 is 0 Å². The van der Waals surface area contributed by atoms with E-state index in [1.807, 2.05) is 6.92 Å². The molecular formula is C17H19N3O5S. The van der Waals surface area contributed by atoms with Crippen LogP contribution in [-0.4, -0.2) is 26.2 Å². The van der Waals surface area contributed by atoms with Gasteiger partial charge in [-0.25, -0.2) is 4.83 Å². The third kappa shape index (κ3) is 4.57. The molecule has 0 aromatic heterocycles. The zero-order valence-corrected chi connectivity index (χ0v) is 15.4. The molecule has 2 aromatic rings. The molecule has 0 saturated carbocycles. The summed E-state index contributed by atoms with van der Waals surface area (Å²) in [5.41, 5.74) is 1.70. The molecule has 0 unspecified atom stereocenters. The second-order valence-corrected chi connectivity index (χ2v) is 7.17. The molecule has 0 amide bonds. The minimum atomic E-state index is -3.83. The zero-order chi connectivity index (χ0) is 19.3. The molecule has 0 atom stereocenters. The van der Waals surface area contributed by atoms with Crippen molar-refractivity contribution in [1.29, 1.82) is 0 Å². The van der Waals surface area contributed by atoms with Crippen LogP contribution in [0.1, 0.15) is 23.6 Å². The first-order valence-electron chi connectivity index (χ1n) is 7.78. The predicted octanol–water partition coefficient (Wildman–Crippen LogP) is 2.92. The highest BCUT2D eigenvalue weighted by Crippen LogP contribution is 2.27. The van der Waals surface area contributed by atoms with E-state index < -0.39 is 14.9 Å². The topological polar surface area (TPSA) is 111 Å². The van der Waals surface area contributed by atoms with Crippen molar-refractivity contribution in [3.8, 4) is 5.75 Å². The number of nitrogens with one attached hydrogen (secondary N) is 1. The number of hydrogen-bond acceptors (Lipinski definition) is 6. The largest absolute Gasteiger partial charge is 0.487 e. The molecule has 2 aromatic carbocycles. The first kappa shape index (κ1) is 19.4. The van der Waals surface area contributed by atoms with Crippen molar-refractivity contribution in [3.05, 3.63) is 63.2 Å². The number of hydrogen-bond donors (Lipinski definition) is 1. The Bertz CT molecular complexity index is 955. The van der Waals surface area contributed by atoms with Gasteiger partial charge in [0.1, 0.15) is 0 Å². The Morgan fingerprint density at radius 2 is 1.96 bits per heavy atom. The summed E-state index contributed by atoms with van der Waals surface area (Å²) in [5.74, 6) is 0.144. The lowest BCUT2D eigenvalue weighted by Gasteiger charge is -2.07. The normalized spacial score (nSPS) is 11.5. The molecule has 0 aliphatic carbocycles. The van der Waals surface area contributed by atoms with Crippen LogP contribution in [0.2, 0.25) is 0 Å². The molecule has 0 aliphatic heterocycles. The molecule has 0 spiro atoms. The van der Waals surface area contributed by atoms with Crippen LogP contribution in [0.25, 0.3) is 0 Å². The fourth-order valence-corrected chi connectivity index (χ4v) is 3.38. The number of nitrogens with zero attached hydrogens (tertiary/aromatic N) is 2. The van der Waals surface area contributed by atoms with Gasteiger partial charge in [0.15, 0.2) is 5.75 Å². The maximum Gasteiger partial charge on any atom is 0.311 e. The van der Waals surface area contributed by atoms with Gasteiger partial charge in [0.25, 0.3) is 10.0 Å². The summed E-state index contributed by atoms with van der Waals surface area (Å²) < 4.78 is 29.8. The second-order valence-electron chi connectivity index (χ2n) is 5.54. The number of ether oxygens (including phenoxy) is 1. The van der Waals surface area contributed by atoms with Crippen molar-refractivity contribution in [1.82, 2.24) is 4.83 Å². The van der Waals surface area contributed by atoms with Gasteiger partial charge >= 0.3 is 5.69 Å². The van der Waals surface area contributed by atoms with Crippen molar-refractivity contribution in [2.75, 3.05) is 6.61 Å². The Labute approximate surface area is 151 Å². The van der Waals surface area contributed by atoms with Crippen LogP contribution in [0.15, 0.2) is 46.4 Å². The van der Waals surface area contributed by atoms with Gasteiger partial charge in [-0.1, -0.05) is 17.7 Å². The van der Waals surface area contributed by atoms with E-state index in [2.05, 4.69) is 9.93 Å². The van der Waals surface area contributed by atoms with Gasteiger partial charge in [0.05, 0.1) is 22.6 Å². The smallest absolute Gasteiger partial charge is 0.311 e. The summed E-state index contributed by atoms with van der Waals surface area (Å²) in [6.07, 6.45) is 1.20. The van der Waals surface area contributed by atoms with E-state index in [0.717, 1.165) is 5.56 Å². The van der Waals surface area contributed by atoms with Gasteiger partial charge in [-0.15, -0.1) is 0 Å². The van der Waals surface area contributed by atoms with Crippen LogP contribution < -0.4 is 9.57 Å². The quantitative estimate of drug-likeness (QED) is 0.453.